The summed E-state index contributed by atoms with van der Waals surface area (Å²) >= 11 is 0. The van der Waals surface area contributed by atoms with Gasteiger partial charge in [0.2, 0.25) is 0 Å². The van der Waals surface area contributed by atoms with Gasteiger partial charge in [-0.25, -0.2) is 0 Å². The fourth-order valence-corrected chi connectivity index (χ4v) is 5.25. The molecule has 0 amide bonds. The molecule has 166 valence electrons. The van der Waals surface area contributed by atoms with Gasteiger partial charge in [-0.1, -0.05) is 142 Å². The highest BCUT2D eigenvalue weighted by Crippen LogP contribution is 2.42. The second-order valence-corrected chi connectivity index (χ2v) is 9.11. The Morgan fingerprint density at radius 1 is 0.750 bits per heavy atom. The van der Waals surface area contributed by atoms with Gasteiger partial charge >= 0.3 is 0 Å². The van der Waals surface area contributed by atoms with E-state index in [1.165, 1.54) is 44.9 Å². The summed E-state index contributed by atoms with van der Waals surface area (Å²) in [6.45, 7) is 4.16. The lowest BCUT2D eigenvalue weighted by atomic mass is 9.79. The summed E-state index contributed by atoms with van der Waals surface area (Å²) in [7, 11) is 0. The van der Waals surface area contributed by atoms with E-state index >= 15 is 0 Å². The Morgan fingerprint density at radius 2 is 1.22 bits per heavy atom. The molecule has 1 fully saturated rings. The van der Waals surface area contributed by atoms with Crippen molar-refractivity contribution < 1.29 is 4.74 Å². The van der Waals surface area contributed by atoms with E-state index in [1.54, 1.807) is 0 Å². The Labute approximate surface area is 194 Å². The van der Waals surface area contributed by atoms with Crippen LogP contribution >= 0.6 is 0 Å². The SMILES string of the molecule is C=CC(CCCCC1CCCC1)OC(c1ccccc1)(c1ccccc1)c1ccccc1. The third-order valence-corrected chi connectivity index (χ3v) is 6.96. The molecule has 0 N–H and O–H groups in total. The smallest absolute Gasteiger partial charge is 0.144 e. The van der Waals surface area contributed by atoms with Crippen LogP contribution in [0.2, 0.25) is 0 Å². The van der Waals surface area contributed by atoms with Gasteiger partial charge in [-0.15, -0.1) is 6.58 Å². The number of hydrogen-bond acceptors (Lipinski definition) is 1. The summed E-state index contributed by atoms with van der Waals surface area (Å²) in [4.78, 5) is 0. The summed E-state index contributed by atoms with van der Waals surface area (Å²) in [6, 6.07) is 31.9. The fraction of sp³-hybridized carbons (Fsp3) is 0.355. The van der Waals surface area contributed by atoms with Crippen LogP contribution in [0.15, 0.2) is 104 Å². The van der Waals surface area contributed by atoms with Crippen LogP contribution in [-0.2, 0) is 10.3 Å². The molecule has 0 aliphatic heterocycles. The van der Waals surface area contributed by atoms with Crippen molar-refractivity contribution in [1.29, 1.82) is 0 Å². The molecule has 1 nitrogen and oxygen atoms in total. The van der Waals surface area contributed by atoms with E-state index in [0.717, 1.165) is 29.0 Å². The molecule has 1 aliphatic rings. The number of unbranched alkanes of at least 4 members (excludes halogenated alkanes) is 1. The molecule has 32 heavy (non-hydrogen) atoms. The van der Waals surface area contributed by atoms with E-state index < -0.39 is 5.60 Å². The molecule has 0 radical (unpaired) electrons. The molecule has 0 bridgehead atoms. The second-order valence-electron chi connectivity index (χ2n) is 9.11. The van der Waals surface area contributed by atoms with Crippen molar-refractivity contribution in [2.45, 2.75) is 63.1 Å². The summed E-state index contributed by atoms with van der Waals surface area (Å²) in [5.74, 6) is 0.954. The predicted octanol–water partition coefficient (Wildman–Crippen LogP) is 8.30. The number of rotatable bonds is 11. The van der Waals surface area contributed by atoms with Crippen molar-refractivity contribution in [2.75, 3.05) is 0 Å². The van der Waals surface area contributed by atoms with Gasteiger partial charge in [-0.3, -0.25) is 0 Å². The Kier molecular flexibility index (Phi) is 7.96. The molecular formula is C31H36O. The van der Waals surface area contributed by atoms with Gasteiger partial charge in [0.25, 0.3) is 0 Å². The third-order valence-electron chi connectivity index (χ3n) is 6.96. The van der Waals surface area contributed by atoms with Crippen LogP contribution in [0, 0.1) is 5.92 Å². The van der Waals surface area contributed by atoms with Gasteiger partial charge in [-0.2, -0.15) is 0 Å². The van der Waals surface area contributed by atoms with Crippen molar-refractivity contribution in [2.24, 2.45) is 5.92 Å². The Hall–Kier alpha value is -2.64. The lowest BCUT2D eigenvalue weighted by Gasteiger charge is -2.38. The van der Waals surface area contributed by atoms with E-state index in [4.69, 9.17) is 4.74 Å². The zero-order valence-corrected chi connectivity index (χ0v) is 19.2. The molecular weight excluding hydrogens is 388 g/mol. The first-order valence-corrected chi connectivity index (χ1v) is 12.3. The fourth-order valence-electron chi connectivity index (χ4n) is 5.25. The topological polar surface area (TPSA) is 9.23 Å². The van der Waals surface area contributed by atoms with Crippen molar-refractivity contribution in [1.82, 2.24) is 0 Å². The molecule has 4 rings (SSSR count). The number of ether oxygens (including phenoxy) is 1. The van der Waals surface area contributed by atoms with Gasteiger partial charge < -0.3 is 4.74 Å². The number of benzene rings is 3. The van der Waals surface area contributed by atoms with Crippen LogP contribution in [0.3, 0.4) is 0 Å². The highest BCUT2D eigenvalue weighted by molar-refractivity contribution is 5.47. The van der Waals surface area contributed by atoms with Crippen LogP contribution in [0.5, 0.6) is 0 Å². The third kappa shape index (κ3) is 5.22. The molecule has 3 aromatic carbocycles. The number of hydrogen-bond donors (Lipinski definition) is 0. The molecule has 1 heteroatoms. The minimum absolute atomic E-state index is 0.0146. The van der Waals surface area contributed by atoms with Crippen LogP contribution in [-0.4, -0.2) is 6.10 Å². The van der Waals surface area contributed by atoms with Crippen LogP contribution in [0.25, 0.3) is 0 Å². The van der Waals surface area contributed by atoms with Gasteiger partial charge in [0.05, 0.1) is 6.10 Å². The first-order valence-electron chi connectivity index (χ1n) is 12.3. The second kappa shape index (κ2) is 11.3. The van der Waals surface area contributed by atoms with Crippen molar-refractivity contribution >= 4 is 0 Å². The lowest BCUT2D eigenvalue weighted by molar-refractivity contribution is -0.0285. The van der Waals surface area contributed by atoms with Crippen LogP contribution in [0.1, 0.15) is 68.1 Å². The average molecular weight is 425 g/mol. The maximum Gasteiger partial charge on any atom is 0.144 e. The van der Waals surface area contributed by atoms with E-state index in [2.05, 4.69) is 97.6 Å². The Bertz CT molecular complexity index is 829. The predicted molar refractivity (Wildman–Crippen MR) is 135 cm³/mol. The summed E-state index contributed by atoms with van der Waals surface area (Å²) in [5, 5.41) is 0. The first-order chi connectivity index (χ1) is 15.8. The molecule has 1 unspecified atom stereocenters. The zero-order valence-electron chi connectivity index (χ0n) is 19.2. The minimum Gasteiger partial charge on any atom is -0.354 e. The monoisotopic (exact) mass is 424 g/mol. The maximum atomic E-state index is 7.10. The van der Waals surface area contributed by atoms with Gasteiger partial charge in [-0.05, 0) is 29.0 Å². The molecule has 0 heterocycles. The van der Waals surface area contributed by atoms with E-state index in [0.29, 0.717) is 0 Å². The molecule has 0 aromatic heterocycles. The van der Waals surface area contributed by atoms with Crippen molar-refractivity contribution in [3.63, 3.8) is 0 Å². The Morgan fingerprint density at radius 3 is 1.66 bits per heavy atom. The molecule has 0 spiro atoms. The lowest BCUT2D eigenvalue weighted by Crippen LogP contribution is -2.36. The van der Waals surface area contributed by atoms with E-state index in [-0.39, 0.29) is 6.10 Å². The molecule has 3 aromatic rings. The molecule has 1 aliphatic carbocycles. The normalized spacial score (nSPS) is 15.5. The average Bonchev–Trinajstić information content (AvgIpc) is 3.39. The molecule has 1 atom stereocenters. The minimum atomic E-state index is -0.673. The summed E-state index contributed by atoms with van der Waals surface area (Å²) < 4.78 is 7.10. The van der Waals surface area contributed by atoms with Crippen LogP contribution in [0.4, 0.5) is 0 Å². The quantitative estimate of drug-likeness (QED) is 0.171. The Balaban J connectivity index is 1.63. The first kappa shape index (κ1) is 22.6. The molecule has 0 saturated heterocycles. The highest BCUT2D eigenvalue weighted by atomic mass is 16.5. The summed E-state index contributed by atoms with van der Waals surface area (Å²) in [6.07, 6.45) is 12.5. The summed E-state index contributed by atoms with van der Waals surface area (Å²) in [5.41, 5.74) is 2.77. The largest absolute Gasteiger partial charge is 0.354 e. The zero-order chi connectivity index (χ0) is 22.1. The van der Waals surface area contributed by atoms with E-state index in [1.807, 2.05) is 6.08 Å². The standard InChI is InChI=1S/C31H36O/c1-2-30(25-15-14-18-26-16-12-13-17-26)32-31(27-19-6-3-7-20-27,28-21-8-4-9-22-28)29-23-10-5-11-24-29/h2-11,19-24,26,30H,1,12-18,25H2. The maximum absolute atomic E-state index is 7.10. The van der Waals surface area contributed by atoms with Gasteiger partial charge in [0.1, 0.15) is 5.60 Å². The van der Waals surface area contributed by atoms with Gasteiger partial charge in [0.15, 0.2) is 0 Å². The van der Waals surface area contributed by atoms with E-state index in [9.17, 15) is 0 Å². The van der Waals surface area contributed by atoms with Crippen molar-refractivity contribution in [3.05, 3.63) is 120 Å². The van der Waals surface area contributed by atoms with Gasteiger partial charge in [0, 0.05) is 0 Å². The molecule has 1 saturated carbocycles. The van der Waals surface area contributed by atoms with Crippen LogP contribution < -0.4 is 0 Å². The highest BCUT2D eigenvalue weighted by Gasteiger charge is 2.39. The van der Waals surface area contributed by atoms with Crippen molar-refractivity contribution in [3.8, 4) is 0 Å².